The van der Waals surface area contributed by atoms with Crippen LogP contribution in [-0.2, 0) is 4.79 Å². The number of benzene rings is 2. The first-order valence-corrected chi connectivity index (χ1v) is 14.5. The molecule has 4 N–H and O–H groups in total. The molecule has 5 rings (SSSR count). The summed E-state index contributed by atoms with van der Waals surface area (Å²) in [4.78, 5) is 30.7. The summed E-state index contributed by atoms with van der Waals surface area (Å²) in [5.41, 5.74) is 8.55. The van der Waals surface area contributed by atoms with E-state index in [9.17, 15) is 9.18 Å². The van der Waals surface area contributed by atoms with E-state index in [-0.39, 0.29) is 23.6 Å². The van der Waals surface area contributed by atoms with E-state index in [0.29, 0.717) is 52.2 Å². The molecule has 4 aromatic rings. The van der Waals surface area contributed by atoms with Crippen molar-refractivity contribution in [3.05, 3.63) is 89.9 Å². The fraction of sp³-hybridized carbons (Fsp3) is 0.219. The first-order valence-electron chi connectivity index (χ1n) is 14.1. The predicted molar refractivity (Wildman–Crippen MR) is 174 cm³/mol. The van der Waals surface area contributed by atoms with Gasteiger partial charge in [-0.3, -0.25) is 4.79 Å². The lowest BCUT2D eigenvalue weighted by molar-refractivity contribution is -0.126. The van der Waals surface area contributed by atoms with E-state index < -0.39 is 5.82 Å². The third-order valence-corrected chi connectivity index (χ3v) is 7.48. The van der Waals surface area contributed by atoms with Crippen molar-refractivity contribution in [2.24, 2.45) is 10.7 Å². The SMILES string of the molecule is C=CC(=O)N1CCC(Nc2cc3c(Nc4ccc(O/C(N)=C/C=Nc5cc(F)c(C)cn5)c(Cl)c4)ncnc3cc2OC)CC1. The lowest BCUT2D eigenvalue weighted by Crippen LogP contribution is -2.41. The molecule has 13 heteroatoms. The average Bonchev–Trinajstić information content (AvgIpc) is 3.04. The minimum absolute atomic E-state index is 0.0303. The van der Waals surface area contributed by atoms with Gasteiger partial charge in [0.05, 0.1) is 23.3 Å². The number of carbonyl (C=O) groups excluding carboxylic acids is 1. The summed E-state index contributed by atoms with van der Waals surface area (Å²) < 4.78 is 25.0. The number of anilines is 3. The predicted octanol–water partition coefficient (Wildman–Crippen LogP) is 6.05. The molecule has 0 saturated carbocycles. The zero-order chi connectivity index (χ0) is 31.9. The molecule has 45 heavy (non-hydrogen) atoms. The number of nitrogens with zero attached hydrogens (tertiary/aromatic N) is 5. The number of ether oxygens (including phenoxy) is 2. The standard InChI is InChI=1S/C32H32ClFN8O3/c1-4-31(43)42-11-8-20(9-12-42)40-26-14-22-25(16-28(26)44-3)38-18-39-32(22)41-21-5-6-27(23(33)13-21)45-29(35)7-10-36-30-15-24(34)19(2)17-37-30/h4-7,10,13-18,20,40H,1,8-9,11-12,35H2,2-3H3,(H,38,39,41)/b29-7+,36-10?. The first-order chi connectivity index (χ1) is 21.7. The number of carbonyl (C=O) groups is 1. The topological polar surface area (TPSA) is 140 Å². The van der Waals surface area contributed by atoms with Crippen LogP contribution in [-0.4, -0.2) is 58.2 Å². The molecule has 0 aliphatic carbocycles. The Labute approximate surface area is 264 Å². The Morgan fingerprint density at radius 1 is 1.18 bits per heavy atom. The van der Waals surface area contributed by atoms with Crippen molar-refractivity contribution in [1.82, 2.24) is 19.9 Å². The van der Waals surface area contributed by atoms with Crippen LogP contribution < -0.4 is 25.8 Å². The summed E-state index contributed by atoms with van der Waals surface area (Å²) in [6.07, 6.45) is 8.58. The normalized spacial score (nSPS) is 14.0. The van der Waals surface area contributed by atoms with Crippen LogP contribution in [0.2, 0.25) is 5.02 Å². The molecule has 1 aliphatic rings. The number of rotatable bonds is 10. The lowest BCUT2D eigenvalue weighted by Gasteiger charge is -2.32. The second kappa shape index (κ2) is 14.0. The molecule has 1 aliphatic heterocycles. The summed E-state index contributed by atoms with van der Waals surface area (Å²) in [7, 11) is 1.61. The molecular weight excluding hydrogens is 599 g/mol. The van der Waals surface area contributed by atoms with Crippen LogP contribution in [0, 0.1) is 12.7 Å². The van der Waals surface area contributed by atoms with Crippen molar-refractivity contribution in [1.29, 1.82) is 0 Å². The maximum atomic E-state index is 13.7. The number of halogens is 2. The third-order valence-electron chi connectivity index (χ3n) is 7.19. The van der Waals surface area contributed by atoms with Crippen molar-refractivity contribution in [2.45, 2.75) is 25.8 Å². The number of pyridine rings is 1. The van der Waals surface area contributed by atoms with Crippen molar-refractivity contribution < 1.29 is 18.7 Å². The number of methoxy groups -OCH3 is 1. The minimum Gasteiger partial charge on any atom is -0.495 e. The van der Waals surface area contributed by atoms with Crippen molar-refractivity contribution in [2.75, 3.05) is 30.8 Å². The molecule has 232 valence electrons. The Bertz CT molecular complexity index is 1790. The van der Waals surface area contributed by atoms with E-state index in [1.807, 2.05) is 12.1 Å². The fourth-order valence-corrected chi connectivity index (χ4v) is 4.98. The van der Waals surface area contributed by atoms with E-state index >= 15 is 0 Å². The maximum absolute atomic E-state index is 13.7. The molecule has 11 nitrogen and oxygen atoms in total. The number of allylic oxidation sites excluding steroid dienone is 1. The monoisotopic (exact) mass is 630 g/mol. The molecule has 0 unspecified atom stereocenters. The smallest absolute Gasteiger partial charge is 0.245 e. The Morgan fingerprint density at radius 3 is 2.69 bits per heavy atom. The fourth-order valence-electron chi connectivity index (χ4n) is 4.76. The zero-order valence-corrected chi connectivity index (χ0v) is 25.5. The molecule has 3 heterocycles. The quantitative estimate of drug-likeness (QED) is 0.109. The maximum Gasteiger partial charge on any atom is 0.245 e. The van der Waals surface area contributed by atoms with Gasteiger partial charge in [0.2, 0.25) is 5.91 Å². The van der Waals surface area contributed by atoms with Gasteiger partial charge in [0, 0.05) is 66.4 Å². The third kappa shape index (κ3) is 7.65. The summed E-state index contributed by atoms with van der Waals surface area (Å²) in [6, 6.07) is 10.3. The van der Waals surface area contributed by atoms with Gasteiger partial charge in [-0.15, -0.1) is 0 Å². The number of nitrogens with one attached hydrogen (secondary N) is 2. The number of aliphatic imine (C=N–C) groups is 1. The molecular formula is C32H32ClFN8O3. The van der Waals surface area contributed by atoms with E-state index in [1.54, 1.807) is 37.1 Å². The van der Waals surface area contributed by atoms with E-state index in [4.69, 9.17) is 26.8 Å². The van der Waals surface area contributed by atoms with Crippen LogP contribution >= 0.6 is 11.6 Å². The number of piperidine rings is 1. The Morgan fingerprint density at radius 2 is 1.98 bits per heavy atom. The molecule has 1 saturated heterocycles. The van der Waals surface area contributed by atoms with Gasteiger partial charge in [0.25, 0.3) is 0 Å². The molecule has 2 aromatic carbocycles. The molecule has 0 atom stereocenters. The number of amides is 1. The first kappa shape index (κ1) is 31.2. The van der Waals surface area contributed by atoms with Gasteiger partial charge in [-0.25, -0.2) is 24.3 Å². The van der Waals surface area contributed by atoms with Crippen LogP contribution in [0.5, 0.6) is 11.5 Å². The molecule has 2 aromatic heterocycles. The van der Waals surface area contributed by atoms with Gasteiger partial charge < -0.3 is 30.7 Å². The van der Waals surface area contributed by atoms with Gasteiger partial charge >= 0.3 is 0 Å². The zero-order valence-electron chi connectivity index (χ0n) is 24.8. The number of fused-ring (bicyclic) bond motifs is 1. The Balaban J connectivity index is 1.29. The van der Waals surface area contributed by atoms with Crippen molar-refractivity contribution >= 4 is 57.6 Å². The van der Waals surface area contributed by atoms with Gasteiger partial charge in [0.1, 0.15) is 29.5 Å². The number of hydrogen-bond donors (Lipinski definition) is 3. The van der Waals surface area contributed by atoms with Gasteiger partial charge in [-0.05, 0) is 50.1 Å². The van der Waals surface area contributed by atoms with Gasteiger partial charge in [-0.1, -0.05) is 18.2 Å². The van der Waals surface area contributed by atoms with Crippen molar-refractivity contribution in [3.8, 4) is 11.5 Å². The summed E-state index contributed by atoms with van der Waals surface area (Å²) >= 11 is 6.51. The van der Waals surface area contributed by atoms with Crippen LogP contribution in [0.3, 0.4) is 0 Å². The summed E-state index contributed by atoms with van der Waals surface area (Å²) in [5.74, 6) is 1.34. The lowest BCUT2D eigenvalue weighted by atomic mass is 10.0. The molecule has 0 bridgehead atoms. The molecule has 1 amide bonds. The number of likely N-dealkylation sites (tertiary alicyclic amines) is 1. The van der Waals surface area contributed by atoms with Gasteiger partial charge in [-0.2, -0.15) is 0 Å². The second-order valence-corrected chi connectivity index (χ2v) is 10.7. The van der Waals surface area contributed by atoms with Crippen LogP contribution in [0.15, 0.2) is 78.5 Å². The van der Waals surface area contributed by atoms with Crippen LogP contribution in [0.4, 0.5) is 27.4 Å². The number of nitrogens with two attached hydrogens (primary N) is 1. The molecule has 0 radical (unpaired) electrons. The van der Waals surface area contributed by atoms with E-state index in [2.05, 4.69) is 37.2 Å². The Kier molecular flexibility index (Phi) is 9.73. The Hall–Kier alpha value is -5.23. The largest absolute Gasteiger partial charge is 0.495 e. The van der Waals surface area contributed by atoms with E-state index in [1.165, 1.54) is 37.0 Å². The van der Waals surface area contributed by atoms with E-state index in [0.717, 1.165) is 23.9 Å². The van der Waals surface area contributed by atoms with Crippen molar-refractivity contribution in [3.63, 3.8) is 0 Å². The highest BCUT2D eigenvalue weighted by molar-refractivity contribution is 6.32. The number of aromatic nitrogens is 3. The summed E-state index contributed by atoms with van der Waals surface area (Å²) in [5, 5.41) is 7.95. The highest BCUT2D eigenvalue weighted by atomic mass is 35.5. The number of hydrogen-bond acceptors (Lipinski definition) is 10. The van der Waals surface area contributed by atoms with Gasteiger partial charge in [0.15, 0.2) is 11.7 Å². The average molecular weight is 631 g/mol. The van der Waals surface area contributed by atoms with Crippen LogP contribution in [0.25, 0.3) is 10.9 Å². The summed E-state index contributed by atoms with van der Waals surface area (Å²) in [6.45, 7) is 6.50. The highest BCUT2D eigenvalue weighted by Gasteiger charge is 2.22. The molecule has 0 spiro atoms. The van der Waals surface area contributed by atoms with Crippen LogP contribution in [0.1, 0.15) is 18.4 Å². The minimum atomic E-state index is -0.395. The molecule has 1 fully saturated rings. The second-order valence-electron chi connectivity index (χ2n) is 10.3. The number of aryl methyl sites for hydroxylation is 1. The highest BCUT2D eigenvalue weighted by Crippen LogP contribution is 2.35.